The molecule has 1 aliphatic heterocycles. The van der Waals surface area contributed by atoms with E-state index in [1.165, 1.54) is 0 Å². The second-order valence-corrected chi connectivity index (χ2v) is 3.59. The van der Waals surface area contributed by atoms with Gasteiger partial charge in [-0.1, -0.05) is 0 Å². The molecule has 1 aromatic heterocycles. The van der Waals surface area contributed by atoms with Gasteiger partial charge in [-0.15, -0.1) is 0 Å². The lowest BCUT2D eigenvalue weighted by Gasteiger charge is -2.23. The Morgan fingerprint density at radius 1 is 1.71 bits per heavy atom. The highest BCUT2D eigenvalue weighted by molar-refractivity contribution is 5.92. The van der Waals surface area contributed by atoms with Gasteiger partial charge in [0, 0.05) is 19.7 Å². The van der Waals surface area contributed by atoms with Crippen LogP contribution in [0.2, 0.25) is 0 Å². The summed E-state index contributed by atoms with van der Waals surface area (Å²) in [7, 11) is 0. The van der Waals surface area contributed by atoms with Gasteiger partial charge in [0.2, 0.25) is 0 Å². The summed E-state index contributed by atoms with van der Waals surface area (Å²) in [6.45, 7) is 3.06. The number of hydrogen-bond donors (Lipinski definition) is 0. The largest absolute Gasteiger partial charge is 0.379 e. The summed E-state index contributed by atoms with van der Waals surface area (Å²) in [5.74, 6) is 0.0630. The molecule has 14 heavy (non-hydrogen) atoms. The fourth-order valence-corrected chi connectivity index (χ4v) is 1.80. The number of carbonyl (C=O) groups excluding carboxylic acids is 1. The number of ketones is 1. The fourth-order valence-electron chi connectivity index (χ4n) is 1.80. The van der Waals surface area contributed by atoms with Crippen molar-refractivity contribution >= 4 is 5.78 Å². The summed E-state index contributed by atoms with van der Waals surface area (Å²) in [6.07, 6.45) is 3.76. The molecule has 1 atom stereocenters. The van der Waals surface area contributed by atoms with Gasteiger partial charge in [-0.05, 0) is 18.9 Å². The number of ether oxygens (including phenoxy) is 1. The molecule has 1 saturated heterocycles. The predicted molar refractivity (Wildman–Crippen MR) is 51.3 cm³/mol. The van der Waals surface area contributed by atoms with Crippen molar-refractivity contribution in [3.05, 3.63) is 18.0 Å². The molecule has 1 aliphatic rings. The molecule has 1 aromatic rings. The Hall–Kier alpha value is -1.16. The van der Waals surface area contributed by atoms with E-state index in [9.17, 15) is 4.79 Å². The summed E-state index contributed by atoms with van der Waals surface area (Å²) < 4.78 is 7.16. The van der Waals surface area contributed by atoms with Crippen LogP contribution in [0.5, 0.6) is 0 Å². The Morgan fingerprint density at radius 2 is 2.57 bits per heavy atom. The number of nitrogens with zero attached hydrogens (tertiary/aromatic N) is 2. The standard InChI is InChI=1S/C10H14N2O2/c1-8(13)10-4-5-11-12(10)9-3-2-6-14-7-9/h4-5,9H,2-3,6-7H2,1H3. The van der Waals surface area contributed by atoms with Gasteiger partial charge in [-0.25, -0.2) is 0 Å². The van der Waals surface area contributed by atoms with Crippen molar-refractivity contribution in [1.29, 1.82) is 0 Å². The first-order chi connectivity index (χ1) is 6.79. The van der Waals surface area contributed by atoms with Crippen LogP contribution in [0.1, 0.15) is 36.3 Å². The van der Waals surface area contributed by atoms with Gasteiger partial charge in [-0.2, -0.15) is 5.10 Å². The van der Waals surface area contributed by atoms with Crippen molar-refractivity contribution in [2.75, 3.05) is 13.2 Å². The van der Waals surface area contributed by atoms with Gasteiger partial charge in [0.05, 0.1) is 12.6 Å². The van der Waals surface area contributed by atoms with Crippen LogP contribution < -0.4 is 0 Å². The van der Waals surface area contributed by atoms with Gasteiger partial charge in [-0.3, -0.25) is 9.48 Å². The minimum Gasteiger partial charge on any atom is -0.379 e. The number of carbonyl (C=O) groups is 1. The van der Waals surface area contributed by atoms with Crippen LogP contribution in [0.3, 0.4) is 0 Å². The van der Waals surface area contributed by atoms with Crippen molar-refractivity contribution in [3.8, 4) is 0 Å². The highest BCUT2D eigenvalue weighted by atomic mass is 16.5. The Morgan fingerprint density at radius 3 is 3.21 bits per heavy atom. The molecule has 0 aromatic carbocycles. The summed E-state index contributed by atoms with van der Waals surface area (Å²) in [5.41, 5.74) is 0.681. The maximum Gasteiger partial charge on any atom is 0.177 e. The van der Waals surface area contributed by atoms with Gasteiger partial charge in [0.1, 0.15) is 5.69 Å². The normalized spacial score (nSPS) is 22.2. The van der Waals surface area contributed by atoms with E-state index in [1.54, 1.807) is 23.9 Å². The average molecular weight is 194 g/mol. The minimum atomic E-state index is 0.0630. The van der Waals surface area contributed by atoms with E-state index in [-0.39, 0.29) is 11.8 Å². The van der Waals surface area contributed by atoms with E-state index >= 15 is 0 Å². The number of hydrogen-bond acceptors (Lipinski definition) is 3. The molecule has 2 heterocycles. The molecule has 0 radical (unpaired) electrons. The highest BCUT2D eigenvalue weighted by Gasteiger charge is 2.19. The SMILES string of the molecule is CC(=O)c1ccnn1C1CCCOC1. The van der Waals surface area contributed by atoms with Crippen molar-refractivity contribution in [3.63, 3.8) is 0 Å². The number of aromatic nitrogens is 2. The number of Topliss-reactive ketones (excluding diaryl/α,β-unsaturated/α-hetero) is 1. The van der Waals surface area contributed by atoms with Gasteiger partial charge >= 0.3 is 0 Å². The third-order valence-corrected chi connectivity index (χ3v) is 2.51. The van der Waals surface area contributed by atoms with Gasteiger partial charge in [0.25, 0.3) is 0 Å². The van der Waals surface area contributed by atoms with Crippen molar-refractivity contribution in [2.24, 2.45) is 0 Å². The van der Waals surface area contributed by atoms with Crippen molar-refractivity contribution in [1.82, 2.24) is 9.78 Å². The Kier molecular flexibility index (Phi) is 2.63. The van der Waals surface area contributed by atoms with Crippen LogP contribution >= 0.6 is 0 Å². The predicted octanol–water partition coefficient (Wildman–Crippen LogP) is 1.44. The molecule has 0 N–H and O–H groups in total. The average Bonchev–Trinajstić information content (AvgIpc) is 2.67. The quantitative estimate of drug-likeness (QED) is 0.669. The molecule has 4 nitrogen and oxygen atoms in total. The molecule has 0 amide bonds. The molecule has 0 spiro atoms. The Balaban J connectivity index is 2.21. The summed E-state index contributed by atoms with van der Waals surface area (Å²) in [5, 5.41) is 4.18. The first-order valence-electron chi connectivity index (χ1n) is 4.91. The monoisotopic (exact) mass is 194 g/mol. The zero-order valence-corrected chi connectivity index (χ0v) is 8.27. The fraction of sp³-hybridized carbons (Fsp3) is 0.600. The van der Waals surface area contributed by atoms with Gasteiger partial charge in [0.15, 0.2) is 5.78 Å². The molecule has 0 saturated carbocycles. The van der Waals surface area contributed by atoms with Crippen LogP contribution in [0.15, 0.2) is 12.3 Å². The summed E-state index contributed by atoms with van der Waals surface area (Å²) in [4.78, 5) is 11.3. The smallest absolute Gasteiger partial charge is 0.177 e. The van der Waals surface area contributed by atoms with E-state index in [2.05, 4.69) is 5.10 Å². The first kappa shape index (κ1) is 9.40. The maximum atomic E-state index is 11.3. The molecule has 1 fully saturated rings. The van der Waals surface area contributed by atoms with Crippen LogP contribution in [0, 0.1) is 0 Å². The van der Waals surface area contributed by atoms with E-state index in [1.807, 2.05) is 0 Å². The van der Waals surface area contributed by atoms with Crippen molar-refractivity contribution in [2.45, 2.75) is 25.8 Å². The maximum absolute atomic E-state index is 11.3. The molecular weight excluding hydrogens is 180 g/mol. The third kappa shape index (κ3) is 1.70. The lowest BCUT2D eigenvalue weighted by atomic mass is 10.1. The molecule has 0 aliphatic carbocycles. The molecular formula is C10H14N2O2. The zero-order chi connectivity index (χ0) is 9.97. The van der Waals surface area contributed by atoms with Gasteiger partial charge < -0.3 is 4.74 Å². The second-order valence-electron chi connectivity index (χ2n) is 3.59. The molecule has 2 rings (SSSR count). The first-order valence-corrected chi connectivity index (χ1v) is 4.91. The summed E-state index contributed by atoms with van der Waals surface area (Å²) >= 11 is 0. The van der Waals surface area contributed by atoms with E-state index in [0.29, 0.717) is 12.3 Å². The van der Waals surface area contributed by atoms with E-state index < -0.39 is 0 Å². The summed E-state index contributed by atoms with van der Waals surface area (Å²) in [6, 6.07) is 1.99. The van der Waals surface area contributed by atoms with Crippen LogP contribution in [0.4, 0.5) is 0 Å². The molecule has 0 bridgehead atoms. The van der Waals surface area contributed by atoms with Crippen LogP contribution in [-0.2, 0) is 4.74 Å². The zero-order valence-electron chi connectivity index (χ0n) is 8.27. The second kappa shape index (κ2) is 3.92. The van der Waals surface area contributed by atoms with E-state index in [4.69, 9.17) is 4.74 Å². The van der Waals surface area contributed by atoms with E-state index in [0.717, 1.165) is 19.4 Å². The molecule has 4 heteroatoms. The topological polar surface area (TPSA) is 44.1 Å². The minimum absolute atomic E-state index is 0.0630. The number of rotatable bonds is 2. The lowest BCUT2D eigenvalue weighted by molar-refractivity contribution is 0.0535. The molecule has 1 unspecified atom stereocenters. The Labute approximate surface area is 82.9 Å². The lowest BCUT2D eigenvalue weighted by Crippen LogP contribution is -2.24. The Bertz CT molecular complexity index is 327. The molecule has 76 valence electrons. The van der Waals surface area contributed by atoms with Crippen LogP contribution in [0.25, 0.3) is 0 Å². The highest BCUT2D eigenvalue weighted by Crippen LogP contribution is 2.20. The third-order valence-electron chi connectivity index (χ3n) is 2.51. The van der Waals surface area contributed by atoms with Crippen LogP contribution in [-0.4, -0.2) is 28.8 Å². The van der Waals surface area contributed by atoms with Crippen molar-refractivity contribution < 1.29 is 9.53 Å².